The highest BCUT2D eigenvalue weighted by molar-refractivity contribution is 5.87. The molecule has 0 radical (unpaired) electrons. The minimum absolute atomic E-state index is 0.0703. The molecule has 0 heterocycles. The summed E-state index contributed by atoms with van der Waals surface area (Å²) in [6.45, 7) is 2.24. The Morgan fingerprint density at radius 1 is 1.61 bits per heavy atom. The van der Waals surface area contributed by atoms with Gasteiger partial charge < -0.3 is 5.11 Å². The molecule has 18 heavy (non-hydrogen) atoms. The summed E-state index contributed by atoms with van der Waals surface area (Å²) in [4.78, 5) is 10.8. The monoisotopic (exact) mass is 249 g/mol. The smallest absolute Gasteiger partial charge is 0.335 e. The van der Waals surface area contributed by atoms with Crippen molar-refractivity contribution in [2.24, 2.45) is 0 Å². The molecule has 0 saturated heterocycles. The molecule has 0 aliphatic carbocycles. The first kappa shape index (κ1) is 14.2. The van der Waals surface area contributed by atoms with Gasteiger partial charge in [0.15, 0.2) is 0 Å². The van der Waals surface area contributed by atoms with E-state index < -0.39 is 11.8 Å². The summed E-state index contributed by atoms with van der Waals surface area (Å²) in [6, 6.07) is 3.60. The third kappa shape index (κ3) is 3.86. The third-order valence-electron chi connectivity index (χ3n) is 2.61. The average molecular weight is 249 g/mol. The van der Waals surface area contributed by atoms with Gasteiger partial charge in [-0.2, -0.15) is 0 Å². The Morgan fingerprint density at radius 2 is 2.33 bits per heavy atom. The molecule has 3 nitrogen and oxygen atoms in total. The molecule has 1 aromatic carbocycles. The molecule has 0 bridgehead atoms. The van der Waals surface area contributed by atoms with Crippen LogP contribution in [-0.4, -0.2) is 17.1 Å². The minimum atomic E-state index is -1.07. The second kappa shape index (κ2) is 6.77. The van der Waals surface area contributed by atoms with Crippen LogP contribution >= 0.6 is 0 Å². The maximum Gasteiger partial charge on any atom is 0.335 e. The van der Waals surface area contributed by atoms with E-state index in [-0.39, 0.29) is 18.2 Å². The Labute approximate surface area is 106 Å². The largest absolute Gasteiger partial charge is 0.478 e. The molecule has 1 atom stereocenters. The molecule has 0 aromatic heterocycles. The van der Waals surface area contributed by atoms with Gasteiger partial charge in [-0.3, -0.25) is 5.32 Å². The lowest BCUT2D eigenvalue weighted by Gasteiger charge is -2.12. The van der Waals surface area contributed by atoms with Crippen LogP contribution in [0.2, 0.25) is 0 Å². The number of hydrogen-bond donors (Lipinski definition) is 2. The number of rotatable bonds is 6. The number of hydrogen-bond acceptors (Lipinski definition) is 2. The highest BCUT2D eigenvalue weighted by Crippen LogP contribution is 2.11. The predicted octanol–water partition coefficient (Wildman–Crippen LogP) is 2.42. The molecule has 0 aliphatic rings. The summed E-state index contributed by atoms with van der Waals surface area (Å²) in [5.41, 5.74) is 0.382. The highest BCUT2D eigenvalue weighted by atomic mass is 19.1. The van der Waals surface area contributed by atoms with Crippen LogP contribution in [-0.2, 0) is 6.54 Å². The Bertz CT molecular complexity index is 465. The normalized spacial score (nSPS) is 11.8. The summed E-state index contributed by atoms with van der Waals surface area (Å²) in [7, 11) is 0. The molecular weight excluding hydrogens is 233 g/mol. The molecule has 1 rings (SSSR count). The van der Waals surface area contributed by atoms with Crippen LogP contribution in [0.15, 0.2) is 18.2 Å². The lowest BCUT2D eigenvalue weighted by atomic mass is 10.1. The van der Waals surface area contributed by atoms with Gasteiger partial charge in [0, 0.05) is 12.1 Å². The first-order valence-corrected chi connectivity index (χ1v) is 5.79. The Hall–Kier alpha value is -1.86. The number of halogens is 1. The van der Waals surface area contributed by atoms with E-state index in [1.54, 1.807) is 0 Å². The maximum absolute atomic E-state index is 13.5. The van der Waals surface area contributed by atoms with E-state index in [2.05, 4.69) is 11.2 Å². The quantitative estimate of drug-likeness (QED) is 0.761. The fraction of sp³-hybridized carbons (Fsp3) is 0.357. The number of carboxylic acid groups (broad SMARTS) is 1. The van der Waals surface area contributed by atoms with Gasteiger partial charge in [0.1, 0.15) is 5.82 Å². The first-order chi connectivity index (χ1) is 8.58. The van der Waals surface area contributed by atoms with Crippen LogP contribution in [0.5, 0.6) is 0 Å². The van der Waals surface area contributed by atoms with E-state index in [1.807, 2.05) is 6.92 Å². The molecule has 0 fully saturated rings. The van der Waals surface area contributed by atoms with Gasteiger partial charge in [0.25, 0.3) is 0 Å². The molecule has 0 amide bonds. The second-order valence-electron chi connectivity index (χ2n) is 4.00. The molecule has 1 aromatic rings. The number of aromatic carboxylic acids is 1. The van der Waals surface area contributed by atoms with E-state index in [4.69, 9.17) is 11.5 Å². The fourth-order valence-electron chi connectivity index (χ4n) is 1.61. The van der Waals surface area contributed by atoms with Crippen LogP contribution in [0.25, 0.3) is 0 Å². The van der Waals surface area contributed by atoms with E-state index in [0.29, 0.717) is 5.56 Å². The molecule has 4 heteroatoms. The van der Waals surface area contributed by atoms with Crippen molar-refractivity contribution < 1.29 is 14.3 Å². The average Bonchev–Trinajstić information content (AvgIpc) is 2.35. The van der Waals surface area contributed by atoms with Gasteiger partial charge in [-0.1, -0.05) is 19.3 Å². The van der Waals surface area contributed by atoms with Crippen LogP contribution in [0.3, 0.4) is 0 Å². The highest BCUT2D eigenvalue weighted by Gasteiger charge is 2.10. The van der Waals surface area contributed by atoms with E-state index in [9.17, 15) is 9.18 Å². The molecule has 0 spiro atoms. The fourth-order valence-corrected chi connectivity index (χ4v) is 1.61. The second-order valence-corrected chi connectivity index (χ2v) is 4.00. The van der Waals surface area contributed by atoms with Gasteiger partial charge in [-0.25, -0.2) is 9.18 Å². The van der Waals surface area contributed by atoms with Gasteiger partial charge in [0.2, 0.25) is 0 Å². The van der Waals surface area contributed by atoms with Crippen molar-refractivity contribution in [2.45, 2.75) is 32.4 Å². The van der Waals surface area contributed by atoms with Crippen molar-refractivity contribution in [1.82, 2.24) is 5.32 Å². The molecule has 0 aliphatic heterocycles. The summed E-state index contributed by atoms with van der Waals surface area (Å²) >= 11 is 0. The van der Waals surface area contributed by atoms with Crippen LogP contribution in [0.4, 0.5) is 4.39 Å². The van der Waals surface area contributed by atoms with Gasteiger partial charge in [-0.05, 0) is 24.6 Å². The number of nitrogens with one attached hydrogen (secondary N) is 1. The zero-order valence-corrected chi connectivity index (χ0v) is 10.2. The van der Waals surface area contributed by atoms with Crippen LogP contribution in [0, 0.1) is 18.2 Å². The molecule has 0 saturated carbocycles. The van der Waals surface area contributed by atoms with Crippen LogP contribution in [0.1, 0.15) is 35.7 Å². The zero-order chi connectivity index (χ0) is 13.5. The van der Waals surface area contributed by atoms with Crippen molar-refractivity contribution in [3.63, 3.8) is 0 Å². The van der Waals surface area contributed by atoms with E-state index in [1.165, 1.54) is 12.1 Å². The number of terminal acetylenes is 1. The lowest BCUT2D eigenvalue weighted by Crippen LogP contribution is -2.27. The maximum atomic E-state index is 13.5. The topological polar surface area (TPSA) is 49.3 Å². The standard InChI is InChI=1S/C14H16FNO2/c1-3-5-12(4-2)16-9-11-8-10(14(17)18)6-7-13(11)15/h2,6-8,12,16H,3,5,9H2,1H3,(H,17,18). The first-order valence-electron chi connectivity index (χ1n) is 5.79. The Morgan fingerprint density at radius 3 is 2.89 bits per heavy atom. The SMILES string of the molecule is C#CC(CCC)NCc1cc(C(=O)O)ccc1F. The van der Waals surface area contributed by atoms with Crippen molar-refractivity contribution in [3.8, 4) is 12.3 Å². The third-order valence-corrected chi connectivity index (χ3v) is 2.61. The number of carbonyl (C=O) groups is 1. The van der Waals surface area contributed by atoms with Crippen molar-refractivity contribution in [2.75, 3.05) is 0 Å². The van der Waals surface area contributed by atoms with Gasteiger partial charge in [0.05, 0.1) is 11.6 Å². The van der Waals surface area contributed by atoms with Gasteiger partial charge in [-0.15, -0.1) is 6.42 Å². The van der Waals surface area contributed by atoms with Crippen molar-refractivity contribution in [3.05, 3.63) is 35.1 Å². The molecule has 2 N–H and O–H groups in total. The summed E-state index contributed by atoms with van der Waals surface area (Å²) in [5.74, 6) is 1.08. The van der Waals surface area contributed by atoms with E-state index in [0.717, 1.165) is 18.9 Å². The summed E-state index contributed by atoms with van der Waals surface area (Å²) in [5, 5.41) is 11.9. The van der Waals surface area contributed by atoms with Crippen LogP contribution < -0.4 is 5.32 Å². The number of benzene rings is 1. The Kier molecular flexibility index (Phi) is 5.34. The minimum Gasteiger partial charge on any atom is -0.478 e. The summed E-state index contributed by atoms with van der Waals surface area (Å²) in [6.07, 6.45) is 7.07. The number of carboxylic acids is 1. The van der Waals surface area contributed by atoms with E-state index >= 15 is 0 Å². The summed E-state index contributed by atoms with van der Waals surface area (Å²) < 4.78 is 13.5. The van der Waals surface area contributed by atoms with Crippen molar-refractivity contribution in [1.29, 1.82) is 0 Å². The molecule has 1 unspecified atom stereocenters. The van der Waals surface area contributed by atoms with Crippen molar-refractivity contribution >= 4 is 5.97 Å². The molecular formula is C14H16FNO2. The Balaban J connectivity index is 2.75. The predicted molar refractivity (Wildman–Crippen MR) is 67.7 cm³/mol. The molecule has 96 valence electrons. The lowest BCUT2D eigenvalue weighted by molar-refractivity contribution is 0.0696. The van der Waals surface area contributed by atoms with Gasteiger partial charge >= 0.3 is 5.97 Å². The zero-order valence-electron chi connectivity index (χ0n) is 10.2.